The molecule has 12 heteroatoms. The second-order valence-corrected chi connectivity index (χ2v) is 5.85. The van der Waals surface area contributed by atoms with Crippen LogP contribution in [0.3, 0.4) is 0 Å². The fraction of sp³-hybridized carbons (Fsp3) is 0.667. The van der Waals surface area contributed by atoms with Crippen LogP contribution in [0, 0.1) is 0 Å². The van der Waals surface area contributed by atoms with Crippen molar-refractivity contribution < 1.29 is 29.1 Å². The summed E-state index contributed by atoms with van der Waals surface area (Å²) in [5.41, 5.74) is 15.9. The number of carboxylic acid groups (broad SMARTS) is 1. The molecule has 0 aromatic carbocycles. The van der Waals surface area contributed by atoms with Crippen molar-refractivity contribution in [1.82, 2.24) is 16.0 Å². The predicted octanol–water partition coefficient (Wildman–Crippen LogP) is -3.49. The van der Waals surface area contributed by atoms with E-state index in [2.05, 4.69) is 16.0 Å². The molecular formula is C15H28N6O6. The first-order valence-corrected chi connectivity index (χ1v) is 8.47. The third-order valence-electron chi connectivity index (χ3n) is 3.49. The summed E-state index contributed by atoms with van der Waals surface area (Å²) in [6, 6.07) is -2.05. The Morgan fingerprint density at radius 1 is 0.926 bits per heavy atom. The van der Waals surface area contributed by atoms with Gasteiger partial charge in [0.25, 0.3) is 0 Å². The van der Waals surface area contributed by atoms with Crippen molar-refractivity contribution in [3.8, 4) is 0 Å². The Balaban J connectivity index is 4.14. The molecule has 4 amide bonds. The third kappa shape index (κ3) is 12.3. The fourth-order valence-electron chi connectivity index (χ4n) is 1.97. The van der Waals surface area contributed by atoms with E-state index < -0.39 is 48.2 Å². The molecule has 2 unspecified atom stereocenters. The maximum Gasteiger partial charge on any atom is 0.326 e. The van der Waals surface area contributed by atoms with Gasteiger partial charge in [0, 0.05) is 6.42 Å². The van der Waals surface area contributed by atoms with Gasteiger partial charge in [-0.25, -0.2) is 4.79 Å². The first kappa shape index (κ1) is 24.3. The normalized spacial score (nSPS) is 12.5. The number of carboxylic acids is 1. The highest BCUT2D eigenvalue weighted by Crippen LogP contribution is 1.98. The molecule has 0 spiro atoms. The van der Waals surface area contributed by atoms with Gasteiger partial charge in [0.2, 0.25) is 23.6 Å². The van der Waals surface area contributed by atoms with Crippen molar-refractivity contribution in [3.05, 3.63) is 0 Å². The standard InChI is InChI=1S/C15H28N6O6/c16-6-2-1-3-9(17)14(25)20-7-12(23)19-8-13(24)21-10(15(26)27)4-5-11(18)22/h9-10H,1-8,16-17H2,(H2,18,22)(H,19,23)(H,20,25)(H,21,24)(H,26,27). The zero-order valence-corrected chi connectivity index (χ0v) is 15.0. The number of nitrogens with two attached hydrogens (primary N) is 3. The van der Waals surface area contributed by atoms with Crippen molar-refractivity contribution in [3.63, 3.8) is 0 Å². The summed E-state index contributed by atoms with van der Waals surface area (Å²) < 4.78 is 0. The Hall–Kier alpha value is -2.73. The fourth-order valence-corrected chi connectivity index (χ4v) is 1.97. The molecule has 0 aliphatic carbocycles. The molecule has 12 nitrogen and oxygen atoms in total. The Bertz CT molecular complexity index is 541. The molecule has 154 valence electrons. The van der Waals surface area contributed by atoms with Gasteiger partial charge in [0.05, 0.1) is 19.1 Å². The van der Waals surface area contributed by atoms with E-state index in [4.69, 9.17) is 22.3 Å². The molecule has 27 heavy (non-hydrogen) atoms. The van der Waals surface area contributed by atoms with E-state index in [1.165, 1.54) is 0 Å². The van der Waals surface area contributed by atoms with E-state index in [1.54, 1.807) is 0 Å². The van der Waals surface area contributed by atoms with E-state index >= 15 is 0 Å². The van der Waals surface area contributed by atoms with Crippen molar-refractivity contribution >= 4 is 29.6 Å². The van der Waals surface area contributed by atoms with Crippen molar-refractivity contribution in [2.45, 2.75) is 44.2 Å². The van der Waals surface area contributed by atoms with Crippen LogP contribution in [0.2, 0.25) is 0 Å². The molecule has 0 saturated heterocycles. The molecule has 0 bridgehead atoms. The smallest absolute Gasteiger partial charge is 0.326 e. The van der Waals surface area contributed by atoms with Gasteiger partial charge < -0.3 is 38.3 Å². The van der Waals surface area contributed by atoms with Crippen LogP contribution in [0.25, 0.3) is 0 Å². The summed E-state index contributed by atoms with van der Waals surface area (Å²) in [7, 11) is 0. The number of carbonyl (C=O) groups is 5. The van der Waals surface area contributed by atoms with Crippen LogP contribution < -0.4 is 33.2 Å². The number of hydrogen-bond donors (Lipinski definition) is 7. The van der Waals surface area contributed by atoms with E-state index in [-0.39, 0.29) is 19.4 Å². The monoisotopic (exact) mass is 388 g/mol. The number of rotatable bonds is 14. The minimum atomic E-state index is -1.33. The van der Waals surface area contributed by atoms with Gasteiger partial charge in [-0.3, -0.25) is 19.2 Å². The topological polar surface area (TPSA) is 220 Å². The molecule has 0 heterocycles. The number of primary amides is 1. The molecule has 0 fully saturated rings. The van der Waals surface area contributed by atoms with Crippen LogP contribution in [0.5, 0.6) is 0 Å². The van der Waals surface area contributed by atoms with E-state index in [9.17, 15) is 24.0 Å². The SMILES string of the molecule is NCCCCC(N)C(=O)NCC(=O)NCC(=O)NC(CCC(N)=O)C(=O)O. The van der Waals surface area contributed by atoms with Gasteiger partial charge in [0.15, 0.2) is 0 Å². The molecule has 2 atom stereocenters. The number of unbranched alkanes of at least 4 members (excludes halogenated alkanes) is 1. The Labute approximate surface area is 156 Å². The van der Waals surface area contributed by atoms with E-state index in [0.717, 1.165) is 6.42 Å². The lowest BCUT2D eigenvalue weighted by Gasteiger charge is -2.14. The number of hydrogen-bond acceptors (Lipinski definition) is 7. The third-order valence-corrected chi connectivity index (χ3v) is 3.49. The zero-order chi connectivity index (χ0) is 20.8. The Morgan fingerprint density at radius 2 is 1.56 bits per heavy atom. The van der Waals surface area contributed by atoms with E-state index in [0.29, 0.717) is 19.4 Å². The van der Waals surface area contributed by atoms with Gasteiger partial charge in [-0.1, -0.05) is 6.42 Å². The lowest BCUT2D eigenvalue weighted by Crippen LogP contribution is -2.48. The second-order valence-electron chi connectivity index (χ2n) is 5.85. The molecule has 0 radical (unpaired) electrons. The van der Waals surface area contributed by atoms with Crippen LogP contribution in [0.4, 0.5) is 0 Å². The van der Waals surface area contributed by atoms with Gasteiger partial charge >= 0.3 is 5.97 Å². The van der Waals surface area contributed by atoms with Gasteiger partial charge in [0.1, 0.15) is 6.04 Å². The highest BCUT2D eigenvalue weighted by molar-refractivity contribution is 5.90. The minimum Gasteiger partial charge on any atom is -0.480 e. The van der Waals surface area contributed by atoms with Crippen molar-refractivity contribution in [2.24, 2.45) is 17.2 Å². The average molecular weight is 388 g/mol. The van der Waals surface area contributed by atoms with Crippen molar-refractivity contribution in [2.75, 3.05) is 19.6 Å². The molecule has 0 aliphatic rings. The number of aliphatic carboxylic acids is 1. The molecule has 10 N–H and O–H groups in total. The van der Waals surface area contributed by atoms with Gasteiger partial charge in [-0.05, 0) is 25.8 Å². The lowest BCUT2D eigenvalue weighted by molar-refractivity contribution is -0.142. The van der Waals surface area contributed by atoms with Crippen LogP contribution in [-0.2, 0) is 24.0 Å². The van der Waals surface area contributed by atoms with Crippen LogP contribution >= 0.6 is 0 Å². The molecule has 0 saturated carbocycles. The number of carbonyl (C=O) groups excluding carboxylic acids is 4. The van der Waals surface area contributed by atoms with Gasteiger partial charge in [-0.2, -0.15) is 0 Å². The maximum atomic E-state index is 11.7. The Kier molecular flexibility index (Phi) is 12.1. The summed E-state index contributed by atoms with van der Waals surface area (Å²) in [5.74, 6) is -3.92. The second kappa shape index (κ2) is 13.5. The minimum absolute atomic E-state index is 0.164. The number of nitrogens with one attached hydrogen (secondary N) is 3. The summed E-state index contributed by atoms with van der Waals surface area (Å²) in [4.78, 5) is 56.7. The molecule has 0 aliphatic heterocycles. The van der Waals surface area contributed by atoms with Crippen molar-refractivity contribution in [1.29, 1.82) is 0 Å². The highest BCUT2D eigenvalue weighted by Gasteiger charge is 2.21. The average Bonchev–Trinajstić information content (AvgIpc) is 2.60. The first-order chi connectivity index (χ1) is 12.7. The zero-order valence-electron chi connectivity index (χ0n) is 15.0. The van der Waals surface area contributed by atoms with E-state index in [1.807, 2.05) is 0 Å². The summed E-state index contributed by atoms with van der Waals surface area (Å²) >= 11 is 0. The summed E-state index contributed by atoms with van der Waals surface area (Å²) in [6.45, 7) is -0.359. The number of amides is 4. The summed E-state index contributed by atoms with van der Waals surface area (Å²) in [5, 5.41) is 15.7. The molecule has 0 aromatic heterocycles. The van der Waals surface area contributed by atoms with Crippen LogP contribution in [0.1, 0.15) is 32.1 Å². The van der Waals surface area contributed by atoms with Crippen LogP contribution in [0.15, 0.2) is 0 Å². The first-order valence-electron chi connectivity index (χ1n) is 8.47. The molecular weight excluding hydrogens is 360 g/mol. The maximum absolute atomic E-state index is 11.7. The van der Waals surface area contributed by atoms with Gasteiger partial charge in [-0.15, -0.1) is 0 Å². The molecule has 0 rings (SSSR count). The van der Waals surface area contributed by atoms with Crippen LogP contribution in [-0.4, -0.2) is 66.4 Å². The molecule has 0 aromatic rings. The largest absolute Gasteiger partial charge is 0.480 e. The highest BCUT2D eigenvalue weighted by atomic mass is 16.4. The predicted molar refractivity (Wildman–Crippen MR) is 94.9 cm³/mol. The quantitative estimate of drug-likeness (QED) is 0.148. The summed E-state index contributed by atoms with van der Waals surface area (Å²) in [6.07, 6.45) is 1.50. The lowest BCUT2D eigenvalue weighted by atomic mass is 10.1. The Morgan fingerprint density at radius 3 is 2.11 bits per heavy atom.